The third kappa shape index (κ3) is 1.87. The highest BCUT2D eigenvalue weighted by atomic mass is 79.9. The molecule has 0 aliphatic heterocycles. The van der Waals surface area contributed by atoms with Crippen LogP contribution in [0.25, 0.3) is 0 Å². The van der Waals surface area contributed by atoms with E-state index in [1.165, 1.54) is 6.07 Å². The third-order valence-corrected chi connectivity index (χ3v) is 2.70. The number of nitro groups is 1. The van der Waals surface area contributed by atoms with E-state index in [1.807, 2.05) is 0 Å². The van der Waals surface area contributed by atoms with Crippen LogP contribution in [0.3, 0.4) is 0 Å². The first-order valence-electron chi connectivity index (χ1n) is 3.61. The lowest BCUT2D eigenvalue weighted by Crippen LogP contribution is -1.96. The number of halogens is 1. The normalized spacial score (nSPS) is 10.1. The molecular formula is C8H8BrNO3. The Kier molecular flexibility index (Phi) is 3.00. The monoisotopic (exact) mass is 245 g/mol. The maximum Gasteiger partial charge on any atom is 0.283 e. The highest BCUT2D eigenvalue weighted by molar-refractivity contribution is 9.10. The van der Waals surface area contributed by atoms with E-state index in [2.05, 4.69) is 15.9 Å². The van der Waals surface area contributed by atoms with Crippen molar-refractivity contribution in [3.05, 3.63) is 37.8 Å². The Labute approximate surface area is 83.5 Å². The Morgan fingerprint density at radius 3 is 2.69 bits per heavy atom. The molecule has 0 saturated carbocycles. The molecule has 4 nitrogen and oxygen atoms in total. The van der Waals surface area contributed by atoms with Gasteiger partial charge in [-0.2, -0.15) is 0 Å². The summed E-state index contributed by atoms with van der Waals surface area (Å²) in [4.78, 5) is 10.0. The maximum atomic E-state index is 10.5. The van der Waals surface area contributed by atoms with Gasteiger partial charge in [0.2, 0.25) is 0 Å². The molecule has 0 saturated heterocycles. The van der Waals surface area contributed by atoms with Gasteiger partial charge in [0.05, 0.1) is 11.5 Å². The average Bonchev–Trinajstić information content (AvgIpc) is 2.04. The molecule has 0 aliphatic rings. The summed E-state index contributed by atoms with van der Waals surface area (Å²) in [5, 5.41) is 19.4. The number of aliphatic hydroxyl groups is 1. The topological polar surface area (TPSA) is 63.4 Å². The van der Waals surface area contributed by atoms with E-state index in [1.54, 1.807) is 13.0 Å². The molecule has 0 atom stereocenters. The Morgan fingerprint density at radius 2 is 2.23 bits per heavy atom. The van der Waals surface area contributed by atoms with E-state index < -0.39 is 4.92 Å². The van der Waals surface area contributed by atoms with Crippen LogP contribution in [-0.4, -0.2) is 10.0 Å². The minimum absolute atomic E-state index is 0.0188. The zero-order chi connectivity index (χ0) is 10.0. The van der Waals surface area contributed by atoms with Gasteiger partial charge in [-0.15, -0.1) is 0 Å². The average molecular weight is 246 g/mol. The van der Waals surface area contributed by atoms with Gasteiger partial charge in [-0.3, -0.25) is 10.1 Å². The number of aliphatic hydroxyl groups excluding tert-OH is 1. The van der Waals surface area contributed by atoms with E-state index >= 15 is 0 Å². The summed E-state index contributed by atoms with van der Waals surface area (Å²) in [5.41, 5.74) is 1.38. The fourth-order valence-electron chi connectivity index (χ4n) is 1.04. The quantitative estimate of drug-likeness (QED) is 0.642. The second kappa shape index (κ2) is 3.85. The molecule has 0 fully saturated rings. The van der Waals surface area contributed by atoms with E-state index in [0.717, 1.165) is 5.56 Å². The summed E-state index contributed by atoms with van der Waals surface area (Å²) in [7, 11) is 0. The summed E-state index contributed by atoms with van der Waals surface area (Å²) in [5.74, 6) is 0. The molecule has 0 amide bonds. The van der Waals surface area contributed by atoms with E-state index in [9.17, 15) is 10.1 Å². The first-order valence-corrected chi connectivity index (χ1v) is 4.40. The van der Waals surface area contributed by atoms with Gasteiger partial charge in [0.15, 0.2) is 0 Å². The standard InChI is InChI=1S/C8H8BrNO3/c1-5-2-3-7(10(12)13)8(9)6(5)4-11/h2-3,11H,4H2,1H3. The fourth-order valence-corrected chi connectivity index (χ4v) is 1.76. The van der Waals surface area contributed by atoms with Crippen LogP contribution in [0.2, 0.25) is 0 Å². The van der Waals surface area contributed by atoms with E-state index in [0.29, 0.717) is 10.0 Å². The number of benzene rings is 1. The van der Waals surface area contributed by atoms with Crippen molar-refractivity contribution < 1.29 is 10.0 Å². The lowest BCUT2D eigenvalue weighted by molar-refractivity contribution is -0.385. The molecule has 0 radical (unpaired) electrons. The van der Waals surface area contributed by atoms with Crippen molar-refractivity contribution in [3.8, 4) is 0 Å². The first kappa shape index (κ1) is 10.1. The van der Waals surface area contributed by atoms with Crippen LogP contribution in [0.1, 0.15) is 11.1 Å². The molecule has 0 spiro atoms. The van der Waals surface area contributed by atoms with Crippen molar-refractivity contribution in [1.29, 1.82) is 0 Å². The lowest BCUT2D eigenvalue weighted by atomic mass is 10.1. The maximum absolute atomic E-state index is 10.5. The highest BCUT2D eigenvalue weighted by Crippen LogP contribution is 2.30. The molecule has 0 unspecified atom stereocenters. The van der Waals surface area contributed by atoms with Crippen LogP contribution in [0.4, 0.5) is 5.69 Å². The van der Waals surface area contributed by atoms with Gasteiger partial charge in [0.25, 0.3) is 5.69 Å². The fraction of sp³-hybridized carbons (Fsp3) is 0.250. The molecule has 1 rings (SSSR count). The van der Waals surface area contributed by atoms with Crippen LogP contribution in [-0.2, 0) is 6.61 Å². The lowest BCUT2D eigenvalue weighted by Gasteiger charge is -2.04. The van der Waals surface area contributed by atoms with Crippen LogP contribution in [0.15, 0.2) is 16.6 Å². The SMILES string of the molecule is Cc1ccc([N+](=O)[O-])c(Br)c1CO. The minimum Gasteiger partial charge on any atom is -0.392 e. The number of rotatable bonds is 2. The number of nitro benzene ring substituents is 1. The van der Waals surface area contributed by atoms with E-state index in [-0.39, 0.29) is 12.3 Å². The van der Waals surface area contributed by atoms with Gasteiger partial charge in [0, 0.05) is 11.6 Å². The predicted molar refractivity (Wildman–Crippen MR) is 51.5 cm³/mol. The zero-order valence-electron chi connectivity index (χ0n) is 6.95. The van der Waals surface area contributed by atoms with Crippen molar-refractivity contribution in [1.82, 2.24) is 0 Å². The van der Waals surface area contributed by atoms with Gasteiger partial charge in [-0.05, 0) is 28.4 Å². The highest BCUT2D eigenvalue weighted by Gasteiger charge is 2.15. The molecule has 1 N–H and O–H groups in total. The third-order valence-electron chi connectivity index (χ3n) is 1.81. The van der Waals surface area contributed by atoms with Crippen molar-refractivity contribution in [2.75, 3.05) is 0 Å². The van der Waals surface area contributed by atoms with Gasteiger partial charge < -0.3 is 5.11 Å². The summed E-state index contributed by atoms with van der Waals surface area (Å²) in [6, 6.07) is 3.03. The van der Waals surface area contributed by atoms with Gasteiger partial charge in [0.1, 0.15) is 4.47 Å². The molecule has 0 bridgehead atoms. The summed E-state index contributed by atoms with van der Waals surface area (Å²) < 4.78 is 0.361. The van der Waals surface area contributed by atoms with Crippen LogP contribution in [0.5, 0.6) is 0 Å². The molecule has 0 aliphatic carbocycles. The summed E-state index contributed by atoms with van der Waals surface area (Å²) in [6.07, 6.45) is 0. The Bertz CT molecular complexity index is 351. The van der Waals surface area contributed by atoms with Crippen LogP contribution < -0.4 is 0 Å². The largest absolute Gasteiger partial charge is 0.392 e. The van der Waals surface area contributed by atoms with E-state index in [4.69, 9.17) is 5.11 Å². The number of hydrogen-bond donors (Lipinski definition) is 1. The molecule has 13 heavy (non-hydrogen) atoms. The van der Waals surface area contributed by atoms with Gasteiger partial charge in [-0.25, -0.2) is 0 Å². The molecular weight excluding hydrogens is 238 g/mol. The Hall–Kier alpha value is -0.940. The van der Waals surface area contributed by atoms with Gasteiger partial charge >= 0.3 is 0 Å². The molecule has 1 aromatic carbocycles. The van der Waals surface area contributed by atoms with Gasteiger partial charge in [-0.1, -0.05) is 6.07 Å². The molecule has 0 heterocycles. The van der Waals surface area contributed by atoms with Crippen LogP contribution in [0, 0.1) is 17.0 Å². The molecule has 1 aromatic rings. The van der Waals surface area contributed by atoms with Crippen molar-refractivity contribution in [3.63, 3.8) is 0 Å². The molecule has 5 heteroatoms. The van der Waals surface area contributed by atoms with Crippen LogP contribution >= 0.6 is 15.9 Å². The minimum atomic E-state index is -0.483. The number of hydrogen-bond acceptors (Lipinski definition) is 3. The molecule has 70 valence electrons. The number of nitrogens with zero attached hydrogens (tertiary/aromatic N) is 1. The Balaban J connectivity index is 3.35. The summed E-state index contributed by atoms with van der Waals surface area (Å²) >= 11 is 3.09. The smallest absolute Gasteiger partial charge is 0.283 e. The predicted octanol–water partition coefficient (Wildman–Crippen LogP) is 2.16. The van der Waals surface area contributed by atoms with Crippen molar-refractivity contribution >= 4 is 21.6 Å². The van der Waals surface area contributed by atoms with Crippen molar-refractivity contribution in [2.45, 2.75) is 13.5 Å². The Morgan fingerprint density at radius 1 is 1.62 bits per heavy atom. The molecule has 0 aromatic heterocycles. The number of aryl methyl sites for hydroxylation is 1. The summed E-state index contributed by atoms with van der Waals surface area (Å²) in [6.45, 7) is 1.59. The zero-order valence-corrected chi connectivity index (χ0v) is 8.54. The van der Waals surface area contributed by atoms with Crippen molar-refractivity contribution in [2.24, 2.45) is 0 Å². The second-order valence-electron chi connectivity index (χ2n) is 2.61. The first-order chi connectivity index (χ1) is 6.07. The second-order valence-corrected chi connectivity index (χ2v) is 3.40.